The number of ether oxygens (including phenoxy) is 2. The molecule has 0 spiro atoms. The lowest BCUT2D eigenvalue weighted by Crippen LogP contribution is -2.60. The van der Waals surface area contributed by atoms with Crippen LogP contribution in [0.2, 0.25) is 0 Å². The van der Waals surface area contributed by atoms with Crippen LogP contribution in [0.25, 0.3) is 0 Å². The Bertz CT molecular complexity index is 738. The summed E-state index contributed by atoms with van der Waals surface area (Å²) in [7, 11) is 0. The van der Waals surface area contributed by atoms with Gasteiger partial charge in [0.05, 0.1) is 19.6 Å². The van der Waals surface area contributed by atoms with Crippen molar-refractivity contribution in [1.29, 1.82) is 0 Å². The van der Waals surface area contributed by atoms with E-state index < -0.39 is 17.9 Å². The van der Waals surface area contributed by atoms with Crippen LogP contribution >= 0.6 is 12.2 Å². The molecular formula is C20H27N3O5S. The van der Waals surface area contributed by atoms with E-state index in [1.165, 1.54) is 0 Å². The van der Waals surface area contributed by atoms with Crippen LogP contribution in [0.15, 0.2) is 24.3 Å². The maximum atomic E-state index is 12.5. The topological polar surface area (TPSA) is 97.0 Å². The van der Waals surface area contributed by atoms with Crippen molar-refractivity contribution in [2.75, 3.05) is 26.3 Å². The summed E-state index contributed by atoms with van der Waals surface area (Å²) in [5.74, 6) is -0.512. The Morgan fingerprint density at radius 3 is 2.66 bits per heavy atom. The molecule has 2 rings (SSSR count). The minimum absolute atomic E-state index is 0.102. The Labute approximate surface area is 175 Å². The predicted molar refractivity (Wildman–Crippen MR) is 112 cm³/mol. The summed E-state index contributed by atoms with van der Waals surface area (Å²) >= 11 is 5.34. The second kappa shape index (κ2) is 11.4. The lowest BCUT2D eigenvalue weighted by atomic mass is 10.1. The number of carbonyl (C=O) groups excluding carboxylic acids is 3. The first kappa shape index (κ1) is 22.6. The predicted octanol–water partition coefficient (Wildman–Crippen LogP) is 1.63. The number of thiocarbonyl (C=S) groups is 1. The lowest BCUT2D eigenvalue weighted by Gasteiger charge is -2.36. The van der Waals surface area contributed by atoms with Gasteiger partial charge in [0.15, 0.2) is 5.11 Å². The zero-order chi connectivity index (χ0) is 21.2. The summed E-state index contributed by atoms with van der Waals surface area (Å²) in [5, 5.41) is 5.46. The van der Waals surface area contributed by atoms with Crippen molar-refractivity contribution in [1.82, 2.24) is 15.5 Å². The van der Waals surface area contributed by atoms with Gasteiger partial charge in [-0.15, -0.1) is 0 Å². The van der Waals surface area contributed by atoms with E-state index in [1.54, 1.807) is 29.2 Å². The number of hydrogen-bond acceptors (Lipinski definition) is 6. The Kier molecular flexibility index (Phi) is 8.85. The van der Waals surface area contributed by atoms with Gasteiger partial charge < -0.3 is 19.7 Å². The average Bonchev–Trinajstić information content (AvgIpc) is 2.70. The fourth-order valence-electron chi connectivity index (χ4n) is 2.82. The van der Waals surface area contributed by atoms with Crippen molar-refractivity contribution in [2.24, 2.45) is 0 Å². The minimum atomic E-state index is -0.814. The molecule has 2 N–H and O–H groups in total. The van der Waals surface area contributed by atoms with Gasteiger partial charge in [0, 0.05) is 18.7 Å². The van der Waals surface area contributed by atoms with Crippen LogP contribution in [-0.2, 0) is 14.3 Å². The number of nitrogens with zero attached hydrogens (tertiary/aromatic N) is 1. The largest absolute Gasteiger partial charge is 0.494 e. The molecule has 1 heterocycles. The van der Waals surface area contributed by atoms with Gasteiger partial charge in [-0.05, 0) is 49.8 Å². The minimum Gasteiger partial charge on any atom is -0.494 e. The van der Waals surface area contributed by atoms with Crippen molar-refractivity contribution in [3.63, 3.8) is 0 Å². The van der Waals surface area contributed by atoms with Crippen LogP contribution in [0.4, 0.5) is 0 Å². The quantitative estimate of drug-likeness (QED) is 0.374. The number of unbranched alkanes of at least 4 members (excludes halogenated alkanes) is 1. The molecule has 1 aliphatic rings. The highest BCUT2D eigenvalue weighted by Crippen LogP contribution is 2.14. The zero-order valence-corrected chi connectivity index (χ0v) is 17.5. The molecule has 158 valence electrons. The van der Waals surface area contributed by atoms with Gasteiger partial charge in [-0.3, -0.25) is 19.7 Å². The second-order valence-electron chi connectivity index (χ2n) is 6.50. The molecule has 0 radical (unpaired) electrons. The van der Waals surface area contributed by atoms with E-state index in [0.717, 1.165) is 12.8 Å². The van der Waals surface area contributed by atoms with E-state index in [9.17, 15) is 14.4 Å². The van der Waals surface area contributed by atoms with Crippen LogP contribution in [0.1, 0.15) is 43.5 Å². The molecule has 8 nitrogen and oxygen atoms in total. The standard InChI is InChI=1S/C20H27N3O5S/c1-3-5-12-28-17(24)13-16-19(26)21-10-11-23(16)20(29)22-18(25)14-6-8-15(9-7-14)27-4-2/h6-9,16H,3-5,10-13H2,1-2H3,(H,21,26)(H,22,25,29). The first-order valence-electron chi connectivity index (χ1n) is 9.74. The van der Waals surface area contributed by atoms with Crippen molar-refractivity contribution in [3.05, 3.63) is 29.8 Å². The van der Waals surface area contributed by atoms with Crippen LogP contribution < -0.4 is 15.4 Å². The molecule has 0 aromatic heterocycles. The third kappa shape index (κ3) is 6.70. The fourth-order valence-corrected chi connectivity index (χ4v) is 3.13. The van der Waals surface area contributed by atoms with Crippen molar-refractivity contribution in [3.8, 4) is 5.75 Å². The normalized spacial score (nSPS) is 16.0. The monoisotopic (exact) mass is 421 g/mol. The maximum Gasteiger partial charge on any atom is 0.308 e. The number of carbonyl (C=O) groups is 3. The molecule has 2 amide bonds. The van der Waals surface area contributed by atoms with E-state index >= 15 is 0 Å². The highest BCUT2D eigenvalue weighted by Gasteiger charge is 2.34. The maximum absolute atomic E-state index is 12.5. The summed E-state index contributed by atoms with van der Waals surface area (Å²) in [5.41, 5.74) is 0.410. The van der Waals surface area contributed by atoms with Crippen molar-refractivity contribution < 1.29 is 23.9 Å². The lowest BCUT2D eigenvalue weighted by molar-refractivity contribution is -0.147. The number of amides is 2. The first-order valence-corrected chi connectivity index (χ1v) is 10.1. The van der Waals surface area contributed by atoms with Gasteiger partial charge in [0.1, 0.15) is 11.8 Å². The van der Waals surface area contributed by atoms with Crippen LogP contribution in [0, 0.1) is 0 Å². The number of nitrogens with one attached hydrogen (secondary N) is 2. The molecule has 1 fully saturated rings. The van der Waals surface area contributed by atoms with Crippen molar-refractivity contribution >= 4 is 35.1 Å². The number of benzene rings is 1. The third-order valence-corrected chi connectivity index (χ3v) is 4.70. The Morgan fingerprint density at radius 1 is 1.28 bits per heavy atom. The van der Waals surface area contributed by atoms with E-state index in [4.69, 9.17) is 21.7 Å². The molecule has 0 bridgehead atoms. The van der Waals surface area contributed by atoms with Gasteiger partial charge in [-0.1, -0.05) is 13.3 Å². The number of hydrogen-bond donors (Lipinski definition) is 2. The SMILES string of the molecule is CCCCOC(=O)CC1C(=O)NCCN1C(=S)NC(=O)c1ccc(OCC)cc1. The van der Waals surface area contributed by atoms with Gasteiger partial charge in [-0.25, -0.2) is 0 Å². The van der Waals surface area contributed by atoms with Gasteiger partial charge in [0.2, 0.25) is 5.91 Å². The van der Waals surface area contributed by atoms with Gasteiger partial charge in [0.25, 0.3) is 5.91 Å². The van der Waals surface area contributed by atoms with Crippen LogP contribution in [0.5, 0.6) is 5.75 Å². The molecule has 1 saturated heterocycles. The molecule has 0 saturated carbocycles. The molecule has 0 aliphatic carbocycles. The molecule has 1 aromatic rings. The van der Waals surface area contributed by atoms with E-state index in [-0.39, 0.29) is 17.4 Å². The van der Waals surface area contributed by atoms with E-state index in [2.05, 4.69) is 10.6 Å². The van der Waals surface area contributed by atoms with E-state index in [1.807, 2.05) is 13.8 Å². The molecule has 1 aromatic carbocycles. The Hall–Kier alpha value is -2.68. The highest BCUT2D eigenvalue weighted by atomic mass is 32.1. The van der Waals surface area contributed by atoms with E-state index in [0.29, 0.717) is 37.6 Å². The Morgan fingerprint density at radius 2 is 2.00 bits per heavy atom. The number of rotatable bonds is 8. The second-order valence-corrected chi connectivity index (χ2v) is 6.88. The highest BCUT2D eigenvalue weighted by molar-refractivity contribution is 7.80. The van der Waals surface area contributed by atoms with Gasteiger partial charge in [-0.2, -0.15) is 0 Å². The van der Waals surface area contributed by atoms with Crippen LogP contribution in [-0.4, -0.2) is 60.1 Å². The summed E-state index contributed by atoms with van der Waals surface area (Å²) in [6.07, 6.45) is 1.54. The summed E-state index contributed by atoms with van der Waals surface area (Å²) < 4.78 is 10.5. The summed E-state index contributed by atoms with van der Waals surface area (Å²) in [6.45, 7) is 5.50. The summed E-state index contributed by atoms with van der Waals surface area (Å²) in [6, 6.07) is 5.85. The molecular weight excluding hydrogens is 394 g/mol. The molecule has 1 unspecified atom stereocenters. The third-order valence-electron chi connectivity index (χ3n) is 4.36. The van der Waals surface area contributed by atoms with Crippen molar-refractivity contribution in [2.45, 2.75) is 39.2 Å². The molecule has 9 heteroatoms. The molecule has 29 heavy (non-hydrogen) atoms. The Balaban J connectivity index is 1.99. The smallest absolute Gasteiger partial charge is 0.308 e. The van der Waals surface area contributed by atoms with Crippen LogP contribution in [0.3, 0.4) is 0 Å². The molecule has 1 atom stereocenters. The fraction of sp³-hybridized carbons (Fsp3) is 0.500. The summed E-state index contributed by atoms with van der Waals surface area (Å²) in [4.78, 5) is 38.4. The van der Waals surface area contributed by atoms with Gasteiger partial charge >= 0.3 is 5.97 Å². The average molecular weight is 422 g/mol. The molecule has 1 aliphatic heterocycles. The zero-order valence-electron chi connectivity index (χ0n) is 16.7. The number of piperazine rings is 1. The number of esters is 1. The first-order chi connectivity index (χ1) is 14.0.